The van der Waals surface area contributed by atoms with Crippen molar-refractivity contribution in [2.45, 2.75) is 13.0 Å². The van der Waals surface area contributed by atoms with Gasteiger partial charge in [0.1, 0.15) is 11.9 Å². The van der Waals surface area contributed by atoms with Crippen LogP contribution in [0.25, 0.3) is 10.8 Å². The minimum Gasteiger partial charge on any atom is -0.480 e. The molecule has 0 bridgehead atoms. The highest BCUT2D eigenvalue weighted by molar-refractivity contribution is 5.93. The van der Waals surface area contributed by atoms with E-state index < -0.39 is 18.6 Å². The Hall–Kier alpha value is -2.14. The molecule has 0 radical (unpaired) electrons. The molecule has 1 aromatic carbocycles. The smallest absolute Gasteiger partial charge is 0.328 e. The Morgan fingerprint density at radius 3 is 2.89 bits per heavy atom. The fraction of sp³-hybridized carbons (Fsp3) is 0.231. The Balaban J connectivity index is 2.44. The number of hydrogen-bond acceptors (Lipinski definition) is 4. The number of aliphatic hydroxyl groups is 1. The highest BCUT2D eigenvalue weighted by Crippen LogP contribution is 2.22. The zero-order chi connectivity index (χ0) is 13.1. The number of aromatic nitrogens is 1. The number of carboxylic acids is 1. The lowest BCUT2D eigenvalue weighted by atomic mass is 10.1. The maximum absolute atomic E-state index is 10.9. The maximum Gasteiger partial charge on any atom is 0.328 e. The van der Waals surface area contributed by atoms with E-state index in [1.54, 1.807) is 6.20 Å². The summed E-state index contributed by atoms with van der Waals surface area (Å²) in [5, 5.41) is 22.5. The first-order valence-corrected chi connectivity index (χ1v) is 5.57. The molecule has 0 aliphatic carbocycles. The zero-order valence-electron chi connectivity index (χ0n) is 9.92. The number of aliphatic hydroxyl groups excluding tert-OH is 1. The molecule has 3 N–H and O–H groups in total. The summed E-state index contributed by atoms with van der Waals surface area (Å²) in [5.74, 6) is -0.637. The highest BCUT2D eigenvalue weighted by Gasteiger charge is 2.17. The number of fused-ring (bicyclic) bond motifs is 1. The van der Waals surface area contributed by atoms with Gasteiger partial charge in [-0.2, -0.15) is 0 Å². The summed E-state index contributed by atoms with van der Waals surface area (Å²) in [5.41, 5.74) is 1.06. The number of nitrogens with zero attached hydrogens (tertiary/aromatic N) is 1. The molecular weight excluding hydrogens is 232 g/mol. The monoisotopic (exact) mass is 246 g/mol. The quantitative estimate of drug-likeness (QED) is 0.759. The number of aryl methyl sites for hydroxylation is 1. The Bertz CT molecular complexity index is 583. The largest absolute Gasteiger partial charge is 0.480 e. The van der Waals surface area contributed by atoms with Crippen LogP contribution >= 0.6 is 0 Å². The number of anilines is 1. The average molecular weight is 246 g/mol. The summed E-state index contributed by atoms with van der Waals surface area (Å²) in [4.78, 5) is 15.0. The van der Waals surface area contributed by atoms with Gasteiger partial charge in [-0.3, -0.25) is 0 Å². The van der Waals surface area contributed by atoms with E-state index in [4.69, 9.17) is 10.2 Å². The molecule has 5 heteroatoms. The molecule has 0 spiro atoms. The van der Waals surface area contributed by atoms with Crippen molar-refractivity contribution in [1.82, 2.24) is 4.98 Å². The molecule has 18 heavy (non-hydrogen) atoms. The van der Waals surface area contributed by atoms with Crippen molar-refractivity contribution in [3.8, 4) is 0 Å². The van der Waals surface area contributed by atoms with Crippen molar-refractivity contribution < 1.29 is 15.0 Å². The Kier molecular flexibility index (Phi) is 3.43. The van der Waals surface area contributed by atoms with Gasteiger partial charge in [-0.1, -0.05) is 17.7 Å². The first-order chi connectivity index (χ1) is 8.61. The molecule has 0 fully saturated rings. The third kappa shape index (κ3) is 2.41. The predicted octanol–water partition coefficient (Wildman–Crippen LogP) is 1.40. The van der Waals surface area contributed by atoms with Crippen molar-refractivity contribution in [3.63, 3.8) is 0 Å². The number of hydrogen-bond donors (Lipinski definition) is 3. The normalized spacial score (nSPS) is 12.3. The summed E-state index contributed by atoms with van der Waals surface area (Å²) in [7, 11) is 0. The molecule has 0 saturated carbocycles. The van der Waals surface area contributed by atoms with Gasteiger partial charge in [0.25, 0.3) is 0 Å². The van der Waals surface area contributed by atoms with E-state index in [0.29, 0.717) is 5.82 Å². The van der Waals surface area contributed by atoms with Crippen molar-refractivity contribution in [2.75, 3.05) is 11.9 Å². The Labute approximate surface area is 104 Å². The van der Waals surface area contributed by atoms with Gasteiger partial charge >= 0.3 is 5.97 Å². The van der Waals surface area contributed by atoms with Crippen molar-refractivity contribution >= 4 is 22.6 Å². The summed E-state index contributed by atoms with van der Waals surface area (Å²) in [6, 6.07) is 6.66. The number of rotatable bonds is 4. The molecule has 0 aliphatic rings. The van der Waals surface area contributed by atoms with E-state index in [1.807, 2.05) is 31.2 Å². The van der Waals surface area contributed by atoms with Crippen LogP contribution in [0.4, 0.5) is 5.82 Å². The van der Waals surface area contributed by atoms with Crippen LogP contribution in [0.5, 0.6) is 0 Å². The molecule has 2 rings (SSSR count). The van der Waals surface area contributed by atoms with Crippen LogP contribution in [-0.2, 0) is 4.79 Å². The van der Waals surface area contributed by atoms with Crippen LogP contribution < -0.4 is 5.32 Å². The van der Waals surface area contributed by atoms with Crippen LogP contribution in [0, 0.1) is 6.92 Å². The van der Waals surface area contributed by atoms with Crippen LogP contribution in [-0.4, -0.2) is 33.8 Å². The first-order valence-electron chi connectivity index (χ1n) is 5.57. The molecule has 0 saturated heterocycles. The minimum absolute atomic E-state index is 0.470. The number of aliphatic carboxylic acids is 1. The second kappa shape index (κ2) is 5.01. The van der Waals surface area contributed by atoms with Crippen LogP contribution in [0.1, 0.15) is 5.56 Å². The Morgan fingerprint density at radius 2 is 2.22 bits per heavy atom. The van der Waals surface area contributed by atoms with Crippen LogP contribution in [0.15, 0.2) is 30.5 Å². The van der Waals surface area contributed by atoms with Crippen LogP contribution in [0.2, 0.25) is 0 Å². The standard InChI is InChI=1S/C13H14N2O3/c1-8-2-3-9-4-5-14-12(10(9)6-8)15-11(7-16)13(17)18/h2-6,11,16H,7H2,1H3,(H,14,15)(H,17,18). The number of carbonyl (C=O) groups is 1. The Morgan fingerprint density at radius 1 is 1.44 bits per heavy atom. The summed E-state index contributed by atoms with van der Waals surface area (Å²) in [6.07, 6.45) is 1.61. The van der Waals surface area contributed by atoms with Crippen LogP contribution in [0.3, 0.4) is 0 Å². The second-order valence-electron chi connectivity index (χ2n) is 4.10. The van der Waals surface area contributed by atoms with Gasteiger partial charge < -0.3 is 15.5 Å². The number of nitrogens with one attached hydrogen (secondary N) is 1. The summed E-state index contributed by atoms with van der Waals surface area (Å²) < 4.78 is 0. The van der Waals surface area contributed by atoms with Gasteiger partial charge in [-0.25, -0.2) is 9.78 Å². The number of pyridine rings is 1. The van der Waals surface area contributed by atoms with E-state index in [0.717, 1.165) is 16.3 Å². The van der Waals surface area contributed by atoms with Gasteiger partial charge in [0.2, 0.25) is 0 Å². The fourth-order valence-electron chi connectivity index (χ4n) is 1.75. The minimum atomic E-state index is -1.11. The zero-order valence-corrected chi connectivity index (χ0v) is 9.92. The number of carboxylic acid groups (broad SMARTS) is 1. The SMILES string of the molecule is Cc1ccc2ccnc(NC(CO)C(=O)O)c2c1. The lowest BCUT2D eigenvalue weighted by molar-refractivity contribution is -0.138. The van der Waals surface area contributed by atoms with Gasteiger partial charge in [0.15, 0.2) is 0 Å². The molecule has 0 amide bonds. The van der Waals surface area contributed by atoms with Crippen molar-refractivity contribution in [3.05, 3.63) is 36.0 Å². The molecule has 1 unspecified atom stereocenters. The molecule has 0 aliphatic heterocycles. The van der Waals surface area contributed by atoms with E-state index >= 15 is 0 Å². The third-order valence-electron chi connectivity index (χ3n) is 2.71. The van der Waals surface area contributed by atoms with Gasteiger partial charge in [-0.15, -0.1) is 0 Å². The lowest BCUT2D eigenvalue weighted by Gasteiger charge is -2.14. The molecule has 1 aromatic heterocycles. The number of benzene rings is 1. The van der Waals surface area contributed by atoms with Gasteiger partial charge in [-0.05, 0) is 24.4 Å². The highest BCUT2D eigenvalue weighted by atomic mass is 16.4. The second-order valence-corrected chi connectivity index (χ2v) is 4.10. The van der Waals surface area contributed by atoms with E-state index in [-0.39, 0.29) is 0 Å². The van der Waals surface area contributed by atoms with E-state index in [1.165, 1.54) is 0 Å². The molecule has 94 valence electrons. The third-order valence-corrected chi connectivity index (χ3v) is 2.71. The first kappa shape index (κ1) is 12.3. The fourth-order valence-corrected chi connectivity index (χ4v) is 1.75. The average Bonchev–Trinajstić information content (AvgIpc) is 2.35. The summed E-state index contributed by atoms with van der Waals surface area (Å²) >= 11 is 0. The molecule has 1 heterocycles. The van der Waals surface area contributed by atoms with Gasteiger partial charge in [0, 0.05) is 11.6 Å². The molecular formula is C13H14N2O3. The predicted molar refractivity (Wildman–Crippen MR) is 68.6 cm³/mol. The van der Waals surface area contributed by atoms with E-state index in [2.05, 4.69) is 10.3 Å². The topological polar surface area (TPSA) is 82.5 Å². The molecule has 2 aromatic rings. The van der Waals surface area contributed by atoms with Crippen molar-refractivity contribution in [1.29, 1.82) is 0 Å². The van der Waals surface area contributed by atoms with Gasteiger partial charge in [0.05, 0.1) is 6.61 Å². The molecule has 1 atom stereocenters. The lowest BCUT2D eigenvalue weighted by Crippen LogP contribution is -2.33. The summed E-state index contributed by atoms with van der Waals surface area (Å²) in [6.45, 7) is 1.47. The molecule has 5 nitrogen and oxygen atoms in total. The van der Waals surface area contributed by atoms with Crippen molar-refractivity contribution in [2.24, 2.45) is 0 Å². The van der Waals surface area contributed by atoms with E-state index in [9.17, 15) is 4.79 Å². The maximum atomic E-state index is 10.9.